The summed E-state index contributed by atoms with van der Waals surface area (Å²) in [5, 5.41) is 16.2. The molecule has 132 valence electrons. The zero-order valence-electron chi connectivity index (χ0n) is 14.4. The second-order valence-corrected chi connectivity index (χ2v) is 6.16. The van der Waals surface area contributed by atoms with Gasteiger partial charge in [0, 0.05) is 19.2 Å². The van der Waals surface area contributed by atoms with Gasteiger partial charge in [-0.15, -0.1) is 0 Å². The number of hydrogen-bond acceptors (Lipinski definition) is 5. The first-order chi connectivity index (χ1) is 12.0. The van der Waals surface area contributed by atoms with Crippen LogP contribution in [0.1, 0.15) is 43.6 Å². The normalized spacial score (nSPS) is 12.1. The minimum absolute atomic E-state index is 0.126. The van der Waals surface area contributed by atoms with Crippen molar-refractivity contribution < 1.29 is 9.59 Å². The highest BCUT2D eigenvalue weighted by atomic mass is 16.2. The molecule has 8 nitrogen and oxygen atoms in total. The van der Waals surface area contributed by atoms with Crippen molar-refractivity contribution in [1.29, 1.82) is 5.26 Å². The molecular formula is C17H22N6O2. The smallest absolute Gasteiger partial charge is 0.273 e. The lowest BCUT2D eigenvalue weighted by Gasteiger charge is -2.18. The Morgan fingerprint density at radius 1 is 1.40 bits per heavy atom. The number of nitrogens with one attached hydrogen (secondary N) is 1. The maximum absolute atomic E-state index is 12.6. The monoisotopic (exact) mass is 342 g/mol. The minimum Gasteiger partial charge on any atom is -0.368 e. The van der Waals surface area contributed by atoms with Crippen LogP contribution in [-0.4, -0.2) is 32.6 Å². The van der Waals surface area contributed by atoms with Gasteiger partial charge in [0.15, 0.2) is 11.3 Å². The third-order valence-electron chi connectivity index (χ3n) is 3.89. The van der Waals surface area contributed by atoms with E-state index in [0.29, 0.717) is 24.0 Å². The van der Waals surface area contributed by atoms with Crippen molar-refractivity contribution in [3.05, 3.63) is 24.0 Å². The lowest BCUT2D eigenvalue weighted by atomic mass is 10.0. The Labute approximate surface area is 146 Å². The van der Waals surface area contributed by atoms with Crippen LogP contribution in [0.5, 0.6) is 0 Å². The Kier molecular flexibility index (Phi) is 6.06. The van der Waals surface area contributed by atoms with Crippen LogP contribution < -0.4 is 11.1 Å². The lowest BCUT2D eigenvalue weighted by Crippen LogP contribution is -2.47. The van der Waals surface area contributed by atoms with E-state index in [9.17, 15) is 9.59 Å². The first-order valence-corrected chi connectivity index (χ1v) is 8.24. The summed E-state index contributed by atoms with van der Waals surface area (Å²) in [5.41, 5.74) is 6.18. The molecule has 0 spiro atoms. The summed E-state index contributed by atoms with van der Waals surface area (Å²) in [6, 6.07) is 4.84. The van der Waals surface area contributed by atoms with E-state index in [1.807, 2.05) is 13.8 Å². The van der Waals surface area contributed by atoms with Crippen LogP contribution in [0.4, 0.5) is 0 Å². The van der Waals surface area contributed by atoms with Gasteiger partial charge >= 0.3 is 0 Å². The fourth-order valence-electron chi connectivity index (χ4n) is 2.57. The van der Waals surface area contributed by atoms with Crippen molar-refractivity contribution in [1.82, 2.24) is 20.1 Å². The number of aryl methyl sites for hydroxylation is 1. The summed E-state index contributed by atoms with van der Waals surface area (Å²) >= 11 is 0. The van der Waals surface area contributed by atoms with Gasteiger partial charge in [-0.1, -0.05) is 13.8 Å². The first kappa shape index (κ1) is 18.4. The molecule has 0 saturated heterocycles. The molecule has 8 heteroatoms. The zero-order chi connectivity index (χ0) is 18.4. The zero-order valence-corrected chi connectivity index (χ0v) is 14.4. The van der Waals surface area contributed by atoms with E-state index in [2.05, 4.69) is 21.5 Å². The molecule has 2 amide bonds. The van der Waals surface area contributed by atoms with Crippen LogP contribution in [0.2, 0.25) is 0 Å². The summed E-state index contributed by atoms with van der Waals surface area (Å²) < 4.78 is 1.66. The fraction of sp³-hybridized carbons (Fsp3) is 0.471. The average molecular weight is 342 g/mol. The van der Waals surface area contributed by atoms with Crippen molar-refractivity contribution in [2.45, 2.75) is 45.7 Å². The first-order valence-electron chi connectivity index (χ1n) is 8.24. The van der Waals surface area contributed by atoms with E-state index >= 15 is 0 Å². The van der Waals surface area contributed by atoms with Crippen molar-refractivity contribution >= 4 is 22.8 Å². The molecule has 0 aliphatic heterocycles. The number of carbonyl (C=O) groups is 2. The second-order valence-electron chi connectivity index (χ2n) is 6.16. The quantitative estimate of drug-likeness (QED) is 0.700. The number of nitrogens with zero attached hydrogens (tertiary/aromatic N) is 4. The number of carbonyl (C=O) groups excluding carboxylic acids is 2. The third kappa shape index (κ3) is 4.32. The highest BCUT2D eigenvalue weighted by Crippen LogP contribution is 2.17. The van der Waals surface area contributed by atoms with E-state index in [1.54, 1.807) is 23.0 Å². The number of pyridine rings is 1. The maximum atomic E-state index is 12.6. The molecule has 0 aliphatic carbocycles. The van der Waals surface area contributed by atoms with E-state index in [-0.39, 0.29) is 11.6 Å². The van der Waals surface area contributed by atoms with Gasteiger partial charge < -0.3 is 11.1 Å². The largest absolute Gasteiger partial charge is 0.368 e. The van der Waals surface area contributed by atoms with Gasteiger partial charge in [-0.2, -0.15) is 10.4 Å². The summed E-state index contributed by atoms with van der Waals surface area (Å²) in [4.78, 5) is 28.4. The van der Waals surface area contributed by atoms with Gasteiger partial charge in [0.2, 0.25) is 5.91 Å². The van der Waals surface area contributed by atoms with Gasteiger partial charge in [0.1, 0.15) is 6.04 Å². The van der Waals surface area contributed by atoms with Crippen LogP contribution in [0.15, 0.2) is 18.3 Å². The van der Waals surface area contributed by atoms with Crippen LogP contribution in [0, 0.1) is 17.2 Å². The number of primary amides is 1. The topological polar surface area (TPSA) is 127 Å². The molecule has 25 heavy (non-hydrogen) atoms. The van der Waals surface area contributed by atoms with E-state index in [0.717, 1.165) is 12.8 Å². The molecule has 2 rings (SSSR count). The molecule has 0 unspecified atom stereocenters. The van der Waals surface area contributed by atoms with Crippen molar-refractivity contribution in [3.8, 4) is 6.07 Å². The number of fused-ring (bicyclic) bond motifs is 1. The van der Waals surface area contributed by atoms with Crippen LogP contribution in [-0.2, 0) is 11.3 Å². The highest BCUT2D eigenvalue weighted by Gasteiger charge is 2.25. The average Bonchev–Trinajstić information content (AvgIpc) is 2.95. The van der Waals surface area contributed by atoms with Crippen LogP contribution >= 0.6 is 0 Å². The Bertz CT molecular complexity index is 805. The van der Waals surface area contributed by atoms with Crippen molar-refractivity contribution in [3.63, 3.8) is 0 Å². The molecule has 0 aromatic carbocycles. The molecule has 0 bridgehead atoms. The molecule has 0 saturated carbocycles. The Balaban J connectivity index is 2.27. The number of amides is 2. The van der Waals surface area contributed by atoms with E-state index < -0.39 is 17.9 Å². The summed E-state index contributed by atoms with van der Waals surface area (Å²) in [6.07, 6.45) is 3.63. The van der Waals surface area contributed by atoms with Gasteiger partial charge in [-0.25, -0.2) is 9.67 Å². The summed E-state index contributed by atoms with van der Waals surface area (Å²) in [6.45, 7) is 4.18. The Hall–Kier alpha value is -2.95. The molecule has 2 heterocycles. The lowest BCUT2D eigenvalue weighted by molar-refractivity contribution is -0.120. The van der Waals surface area contributed by atoms with Gasteiger partial charge in [-0.05, 0) is 30.9 Å². The van der Waals surface area contributed by atoms with Gasteiger partial charge in [0.05, 0.1) is 11.5 Å². The predicted molar refractivity (Wildman–Crippen MR) is 92.3 cm³/mol. The van der Waals surface area contributed by atoms with Crippen molar-refractivity contribution in [2.75, 3.05) is 0 Å². The molecule has 2 aromatic heterocycles. The Morgan fingerprint density at radius 3 is 2.80 bits per heavy atom. The standard InChI is InChI=1S/C17H22N6O2/c1-11(2)13(15(19)24)21-17(25)14-12-7-6-9-20-16(12)23(22-14)10-5-3-4-8-18/h6-7,9,11,13H,3-5,10H2,1-2H3,(H2,19,24)(H,21,25)/t13-/m0/s1. The highest BCUT2D eigenvalue weighted by molar-refractivity contribution is 6.05. The molecule has 3 N–H and O–H groups in total. The minimum atomic E-state index is -0.764. The molecule has 0 aliphatic rings. The molecule has 1 atom stereocenters. The van der Waals surface area contributed by atoms with Gasteiger partial charge in [-0.3, -0.25) is 9.59 Å². The molecule has 0 radical (unpaired) electrons. The molecular weight excluding hydrogens is 320 g/mol. The summed E-state index contributed by atoms with van der Waals surface area (Å²) in [7, 11) is 0. The number of nitrogens with two attached hydrogens (primary N) is 1. The van der Waals surface area contributed by atoms with Crippen LogP contribution in [0.25, 0.3) is 11.0 Å². The SMILES string of the molecule is CC(C)[C@H](NC(=O)c1nn(CCCCC#N)c2ncccc12)C(N)=O. The number of aromatic nitrogens is 3. The predicted octanol–water partition coefficient (Wildman–Crippen LogP) is 1.36. The van der Waals surface area contributed by atoms with Crippen LogP contribution in [0.3, 0.4) is 0 Å². The third-order valence-corrected chi connectivity index (χ3v) is 3.89. The van der Waals surface area contributed by atoms with E-state index in [1.165, 1.54) is 0 Å². The number of unbranched alkanes of at least 4 members (excludes halogenated alkanes) is 2. The molecule has 2 aromatic rings. The number of rotatable bonds is 8. The fourth-order valence-corrected chi connectivity index (χ4v) is 2.57. The summed E-state index contributed by atoms with van der Waals surface area (Å²) in [5.74, 6) is -1.16. The Morgan fingerprint density at radius 2 is 2.16 bits per heavy atom. The van der Waals surface area contributed by atoms with E-state index in [4.69, 9.17) is 11.0 Å². The number of hydrogen-bond donors (Lipinski definition) is 2. The second kappa shape index (κ2) is 8.24. The number of nitriles is 1. The van der Waals surface area contributed by atoms with Gasteiger partial charge in [0.25, 0.3) is 5.91 Å². The molecule has 0 fully saturated rings. The van der Waals surface area contributed by atoms with Crippen molar-refractivity contribution in [2.24, 2.45) is 11.7 Å². The maximum Gasteiger partial charge on any atom is 0.273 e.